The van der Waals surface area contributed by atoms with Crippen molar-refractivity contribution in [2.24, 2.45) is 5.92 Å². The Morgan fingerprint density at radius 2 is 2.18 bits per heavy atom. The van der Waals surface area contributed by atoms with Crippen molar-refractivity contribution in [2.75, 3.05) is 25.1 Å². The molecule has 0 aromatic carbocycles. The number of ether oxygens (including phenoxy) is 1. The van der Waals surface area contributed by atoms with Gasteiger partial charge in [0, 0.05) is 37.6 Å². The van der Waals surface area contributed by atoms with Crippen LogP contribution in [0.1, 0.15) is 37.9 Å². The largest absolute Gasteiger partial charge is 0.379 e. The van der Waals surface area contributed by atoms with Crippen LogP contribution in [0.15, 0.2) is 0 Å². The molecule has 1 aliphatic carbocycles. The van der Waals surface area contributed by atoms with Crippen LogP contribution in [0.2, 0.25) is 0 Å². The van der Waals surface area contributed by atoms with E-state index in [2.05, 4.69) is 21.2 Å². The number of hydrogen-bond acceptors (Lipinski definition) is 5. The molecule has 1 aromatic rings. The predicted octanol–water partition coefficient (Wildman–Crippen LogP) is 2.28. The molecule has 5 heteroatoms. The molecule has 1 saturated carbocycles. The van der Waals surface area contributed by atoms with E-state index in [-0.39, 0.29) is 0 Å². The van der Waals surface area contributed by atoms with E-state index < -0.39 is 0 Å². The molecule has 0 N–H and O–H groups in total. The molecule has 1 saturated heterocycles. The van der Waals surface area contributed by atoms with Crippen LogP contribution in [0.4, 0.5) is 5.13 Å². The molecule has 0 bridgehead atoms. The molecule has 3 rings (SSSR count). The Morgan fingerprint density at radius 1 is 1.35 bits per heavy atom. The highest BCUT2D eigenvalue weighted by Gasteiger charge is 2.31. The minimum atomic E-state index is 0.331. The Bertz CT molecular complexity index is 391. The van der Waals surface area contributed by atoms with Gasteiger partial charge < -0.3 is 9.64 Å². The van der Waals surface area contributed by atoms with E-state index in [0.29, 0.717) is 17.9 Å². The van der Waals surface area contributed by atoms with Gasteiger partial charge in [0.1, 0.15) is 5.82 Å². The summed E-state index contributed by atoms with van der Waals surface area (Å²) in [5.74, 6) is 2.37. The lowest BCUT2D eigenvalue weighted by Crippen LogP contribution is -2.43. The van der Waals surface area contributed by atoms with Crippen LogP contribution < -0.4 is 4.90 Å². The number of piperidine rings is 1. The molecule has 0 radical (unpaired) electrons. The molecule has 2 atom stereocenters. The van der Waals surface area contributed by atoms with Gasteiger partial charge >= 0.3 is 0 Å². The second-order valence-electron chi connectivity index (χ2n) is 5.20. The molecule has 0 amide bonds. The van der Waals surface area contributed by atoms with Crippen LogP contribution in [0.25, 0.3) is 0 Å². The maximum atomic E-state index is 5.54. The van der Waals surface area contributed by atoms with Crippen LogP contribution in [-0.4, -0.2) is 35.7 Å². The van der Waals surface area contributed by atoms with Gasteiger partial charge in [-0.15, -0.1) is 0 Å². The summed E-state index contributed by atoms with van der Waals surface area (Å²) in [5.41, 5.74) is 0. The highest BCUT2D eigenvalue weighted by Crippen LogP contribution is 2.40. The van der Waals surface area contributed by atoms with Gasteiger partial charge in [-0.05, 0) is 25.2 Å². The van der Waals surface area contributed by atoms with Gasteiger partial charge in [-0.25, -0.2) is 4.98 Å². The van der Waals surface area contributed by atoms with Gasteiger partial charge in [-0.1, -0.05) is 6.92 Å². The zero-order valence-corrected chi connectivity index (χ0v) is 11.2. The molecule has 4 nitrogen and oxygen atoms in total. The quantitative estimate of drug-likeness (QED) is 0.828. The summed E-state index contributed by atoms with van der Waals surface area (Å²) in [4.78, 5) is 7.00. The SMILES string of the molecule is COC1CN(c2nc(C3CC3)ns2)CCC1C. The summed E-state index contributed by atoms with van der Waals surface area (Å²) in [6.45, 7) is 4.30. The van der Waals surface area contributed by atoms with E-state index >= 15 is 0 Å². The van der Waals surface area contributed by atoms with Crippen LogP contribution in [-0.2, 0) is 4.74 Å². The summed E-state index contributed by atoms with van der Waals surface area (Å²) < 4.78 is 10.0. The average molecular weight is 253 g/mol. The predicted molar refractivity (Wildman–Crippen MR) is 68.7 cm³/mol. The average Bonchev–Trinajstić information content (AvgIpc) is 3.08. The van der Waals surface area contributed by atoms with Crippen molar-refractivity contribution in [1.82, 2.24) is 9.36 Å². The smallest absolute Gasteiger partial charge is 0.205 e. The molecule has 0 spiro atoms. The van der Waals surface area contributed by atoms with Gasteiger partial charge in [-0.3, -0.25) is 0 Å². The Balaban J connectivity index is 1.70. The molecule has 2 heterocycles. The van der Waals surface area contributed by atoms with E-state index in [0.717, 1.165) is 24.0 Å². The lowest BCUT2D eigenvalue weighted by Gasteiger charge is -2.35. The Hall–Kier alpha value is -0.680. The minimum absolute atomic E-state index is 0.331. The third kappa shape index (κ3) is 2.31. The van der Waals surface area contributed by atoms with E-state index in [4.69, 9.17) is 4.74 Å². The number of anilines is 1. The van der Waals surface area contributed by atoms with Crippen molar-refractivity contribution >= 4 is 16.7 Å². The van der Waals surface area contributed by atoms with E-state index in [1.165, 1.54) is 19.3 Å². The van der Waals surface area contributed by atoms with E-state index in [1.807, 2.05) is 0 Å². The fourth-order valence-electron chi connectivity index (χ4n) is 2.38. The first-order valence-corrected chi connectivity index (χ1v) is 7.16. The lowest BCUT2D eigenvalue weighted by atomic mass is 9.96. The zero-order valence-electron chi connectivity index (χ0n) is 10.4. The lowest BCUT2D eigenvalue weighted by molar-refractivity contribution is 0.0498. The second kappa shape index (κ2) is 4.53. The van der Waals surface area contributed by atoms with Gasteiger partial charge in [0.2, 0.25) is 5.13 Å². The normalized spacial score (nSPS) is 29.6. The van der Waals surface area contributed by atoms with Gasteiger partial charge in [0.05, 0.1) is 6.10 Å². The number of aromatic nitrogens is 2. The minimum Gasteiger partial charge on any atom is -0.379 e. The van der Waals surface area contributed by atoms with Crippen LogP contribution in [0.3, 0.4) is 0 Å². The molecule has 2 fully saturated rings. The molecule has 94 valence electrons. The molecule has 1 aliphatic heterocycles. The molecular weight excluding hydrogens is 234 g/mol. The standard InChI is InChI=1S/C12H19N3OS/c1-8-5-6-15(7-10(8)16-2)12-13-11(14-17-12)9-3-4-9/h8-10H,3-7H2,1-2H3. The van der Waals surface area contributed by atoms with E-state index in [9.17, 15) is 0 Å². The zero-order chi connectivity index (χ0) is 11.8. The van der Waals surface area contributed by atoms with Crippen LogP contribution >= 0.6 is 11.5 Å². The summed E-state index contributed by atoms with van der Waals surface area (Å²) >= 11 is 1.55. The van der Waals surface area contributed by atoms with Gasteiger partial charge in [-0.2, -0.15) is 4.37 Å². The fourth-order valence-corrected chi connectivity index (χ4v) is 3.16. The number of nitrogens with zero attached hydrogens (tertiary/aromatic N) is 3. The first-order valence-electron chi connectivity index (χ1n) is 6.39. The first kappa shape index (κ1) is 11.4. The van der Waals surface area contributed by atoms with Crippen molar-refractivity contribution in [3.05, 3.63) is 5.82 Å². The highest BCUT2D eigenvalue weighted by molar-refractivity contribution is 7.09. The maximum Gasteiger partial charge on any atom is 0.205 e. The number of rotatable bonds is 3. The maximum absolute atomic E-state index is 5.54. The van der Waals surface area contributed by atoms with Crippen LogP contribution in [0.5, 0.6) is 0 Å². The Kier molecular flexibility index (Phi) is 3.04. The molecule has 2 unspecified atom stereocenters. The second-order valence-corrected chi connectivity index (χ2v) is 5.93. The molecule has 17 heavy (non-hydrogen) atoms. The summed E-state index contributed by atoms with van der Waals surface area (Å²) in [5, 5.41) is 1.08. The summed E-state index contributed by atoms with van der Waals surface area (Å²) in [7, 11) is 1.81. The van der Waals surface area contributed by atoms with Crippen molar-refractivity contribution in [3.8, 4) is 0 Å². The third-order valence-electron chi connectivity index (χ3n) is 3.84. The summed E-state index contributed by atoms with van der Waals surface area (Å²) in [6, 6.07) is 0. The van der Waals surface area contributed by atoms with Gasteiger partial charge in [0.15, 0.2) is 0 Å². The fraction of sp³-hybridized carbons (Fsp3) is 0.833. The van der Waals surface area contributed by atoms with Gasteiger partial charge in [0.25, 0.3) is 0 Å². The first-order chi connectivity index (χ1) is 8.28. The van der Waals surface area contributed by atoms with E-state index in [1.54, 1.807) is 18.6 Å². The third-order valence-corrected chi connectivity index (χ3v) is 4.63. The van der Waals surface area contributed by atoms with Crippen LogP contribution in [0, 0.1) is 5.92 Å². The van der Waals surface area contributed by atoms with Crippen molar-refractivity contribution in [3.63, 3.8) is 0 Å². The van der Waals surface area contributed by atoms with Crippen molar-refractivity contribution in [2.45, 2.75) is 38.2 Å². The monoisotopic (exact) mass is 253 g/mol. The topological polar surface area (TPSA) is 38.2 Å². The Morgan fingerprint density at radius 3 is 2.88 bits per heavy atom. The molecular formula is C12H19N3OS. The van der Waals surface area contributed by atoms with Crippen molar-refractivity contribution < 1.29 is 4.74 Å². The Labute approximate surface area is 106 Å². The summed E-state index contributed by atoms with van der Waals surface area (Å²) in [6.07, 6.45) is 4.05. The van der Waals surface area contributed by atoms with Crippen molar-refractivity contribution in [1.29, 1.82) is 0 Å². The number of methoxy groups -OCH3 is 1. The number of hydrogen-bond donors (Lipinski definition) is 0. The highest BCUT2D eigenvalue weighted by atomic mass is 32.1. The molecule has 2 aliphatic rings. The molecule has 1 aromatic heterocycles.